The fourth-order valence-electron chi connectivity index (χ4n) is 1.16. The van der Waals surface area contributed by atoms with Gasteiger partial charge in [0.1, 0.15) is 5.51 Å². The summed E-state index contributed by atoms with van der Waals surface area (Å²) in [6.45, 7) is 0. The molecule has 0 amide bonds. The van der Waals surface area contributed by atoms with Gasteiger partial charge in [0.2, 0.25) is 0 Å². The maximum absolute atomic E-state index is 10.5. The van der Waals surface area contributed by atoms with Crippen LogP contribution in [0.4, 0.5) is 0 Å². The number of hydrogen-bond donors (Lipinski definition) is 1. The summed E-state index contributed by atoms with van der Waals surface area (Å²) in [4.78, 5) is 11.5. The summed E-state index contributed by atoms with van der Waals surface area (Å²) < 4.78 is 0.881. The van der Waals surface area contributed by atoms with E-state index in [0.717, 1.165) is 14.8 Å². The summed E-state index contributed by atoms with van der Waals surface area (Å²) in [6, 6.07) is 7.42. The Kier molecular flexibility index (Phi) is 3.53. The number of carbonyl (C=O) groups is 1. The Labute approximate surface area is 100 Å². The molecule has 0 aliphatic rings. The Balaban J connectivity index is 2.05. The molecule has 1 N–H and O–H groups in total. The Morgan fingerprint density at radius 3 is 2.69 bits per heavy atom. The molecule has 16 heavy (non-hydrogen) atoms. The third kappa shape index (κ3) is 3.04. The van der Waals surface area contributed by atoms with Gasteiger partial charge in [-0.15, -0.1) is 10.2 Å². The number of rotatable bonds is 4. The van der Waals surface area contributed by atoms with Gasteiger partial charge >= 0.3 is 5.97 Å². The first-order chi connectivity index (χ1) is 7.74. The van der Waals surface area contributed by atoms with Crippen LogP contribution in [0.2, 0.25) is 0 Å². The molecule has 1 aromatic carbocycles. The summed E-state index contributed by atoms with van der Waals surface area (Å²) in [6.07, 6.45) is 0.0593. The van der Waals surface area contributed by atoms with Crippen LogP contribution in [0.15, 0.2) is 39.0 Å². The van der Waals surface area contributed by atoms with E-state index in [1.54, 1.807) is 5.51 Å². The average Bonchev–Trinajstić information content (AvgIpc) is 2.73. The number of aliphatic carboxylic acids is 1. The molecule has 1 heterocycles. The fraction of sp³-hybridized carbons (Fsp3) is 0.100. The molecule has 0 unspecified atom stereocenters. The Morgan fingerprint density at radius 2 is 2.12 bits per heavy atom. The summed E-state index contributed by atoms with van der Waals surface area (Å²) in [5, 5.41) is 16.3. The van der Waals surface area contributed by atoms with Crippen LogP contribution in [0.25, 0.3) is 0 Å². The van der Waals surface area contributed by atoms with Crippen LogP contribution >= 0.6 is 23.1 Å². The third-order valence-electron chi connectivity index (χ3n) is 1.82. The van der Waals surface area contributed by atoms with E-state index in [0.29, 0.717) is 0 Å². The second-order valence-corrected chi connectivity index (χ2v) is 5.18. The molecular weight excluding hydrogens is 244 g/mol. The summed E-state index contributed by atoms with van der Waals surface area (Å²) in [5.74, 6) is -0.815. The van der Waals surface area contributed by atoms with Crippen LogP contribution in [0, 0.1) is 0 Å². The van der Waals surface area contributed by atoms with Crippen molar-refractivity contribution < 1.29 is 9.90 Å². The molecule has 2 rings (SSSR count). The van der Waals surface area contributed by atoms with Gasteiger partial charge in [-0.05, 0) is 17.7 Å². The Bertz CT molecular complexity index is 468. The summed E-state index contributed by atoms with van der Waals surface area (Å²) in [5.41, 5.74) is 2.48. The van der Waals surface area contributed by atoms with E-state index in [1.165, 1.54) is 23.1 Å². The number of hydrogen-bond acceptors (Lipinski definition) is 5. The quantitative estimate of drug-likeness (QED) is 0.904. The van der Waals surface area contributed by atoms with E-state index in [1.807, 2.05) is 24.3 Å². The molecule has 0 saturated carbocycles. The molecule has 0 aliphatic heterocycles. The molecule has 2 aromatic rings. The van der Waals surface area contributed by atoms with Gasteiger partial charge in [0.05, 0.1) is 6.42 Å². The van der Waals surface area contributed by atoms with Gasteiger partial charge in [-0.2, -0.15) is 0 Å². The highest BCUT2D eigenvalue weighted by Crippen LogP contribution is 2.28. The number of benzene rings is 1. The highest BCUT2D eigenvalue weighted by atomic mass is 32.2. The standard InChI is InChI=1S/C10H8N2O2S2/c13-9(14)5-7-1-3-8(4-2-7)16-10-12-11-6-15-10/h1-4,6H,5H2,(H,13,14). The van der Waals surface area contributed by atoms with Crippen molar-refractivity contribution in [2.75, 3.05) is 0 Å². The second-order valence-electron chi connectivity index (χ2n) is 3.02. The molecule has 0 saturated heterocycles. The van der Waals surface area contributed by atoms with Gasteiger partial charge in [0.15, 0.2) is 4.34 Å². The van der Waals surface area contributed by atoms with E-state index in [9.17, 15) is 4.79 Å². The lowest BCUT2D eigenvalue weighted by Crippen LogP contribution is -1.99. The van der Waals surface area contributed by atoms with Crippen molar-refractivity contribution >= 4 is 29.1 Å². The van der Waals surface area contributed by atoms with Crippen molar-refractivity contribution in [1.29, 1.82) is 0 Å². The molecular formula is C10H8N2O2S2. The van der Waals surface area contributed by atoms with Crippen LogP contribution in [0.3, 0.4) is 0 Å². The number of carboxylic acids is 1. The van der Waals surface area contributed by atoms with Crippen molar-refractivity contribution in [1.82, 2.24) is 10.2 Å². The Hall–Kier alpha value is -1.40. The minimum Gasteiger partial charge on any atom is -0.481 e. The van der Waals surface area contributed by atoms with Gasteiger partial charge in [0.25, 0.3) is 0 Å². The molecule has 82 valence electrons. The number of nitrogens with zero attached hydrogens (tertiary/aromatic N) is 2. The minimum atomic E-state index is -0.815. The first-order valence-corrected chi connectivity index (χ1v) is 6.18. The molecule has 0 bridgehead atoms. The van der Waals surface area contributed by atoms with Gasteiger partial charge in [-0.25, -0.2) is 0 Å². The zero-order valence-electron chi connectivity index (χ0n) is 8.16. The molecule has 0 fully saturated rings. The smallest absolute Gasteiger partial charge is 0.307 e. The predicted octanol–water partition coefficient (Wildman–Crippen LogP) is 2.32. The van der Waals surface area contributed by atoms with Gasteiger partial charge in [-0.3, -0.25) is 4.79 Å². The van der Waals surface area contributed by atoms with Crippen molar-refractivity contribution in [3.05, 3.63) is 35.3 Å². The maximum atomic E-state index is 10.5. The molecule has 4 nitrogen and oxygen atoms in total. The van der Waals surface area contributed by atoms with Gasteiger partial charge < -0.3 is 5.11 Å². The fourth-order valence-corrected chi connectivity index (χ4v) is 2.61. The molecule has 0 atom stereocenters. The number of aromatic nitrogens is 2. The lowest BCUT2D eigenvalue weighted by atomic mass is 10.2. The lowest BCUT2D eigenvalue weighted by Gasteiger charge is -1.99. The van der Waals surface area contributed by atoms with Crippen LogP contribution in [-0.2, 0) is 11.2 Å². The van der Waals surface area contributed by atoms with Crippen molar-refractivity contribution in [3.63, 3.8) is 0 Å². The second kappa shape index (κ2) is 5.09. The lowest BCUT2D eigenvalue weighted by molar-refractivity contribution is -0.136. The first-order valence-electron chi connectivity index (χ1n) is 4.49. The van der Waals surface area contributed by atoms with E-state index in [2.05, 4.69) is 10.2 Å². The average molecular weight is 252 g/mol. The van der Waals surface area contributed by atoms with Crippen molar-refractivity contribution in [2.24, 2.45) is 0 Å². The van der Waals surface area contributed by atoms with E-state index in [-0.39, 0.29) is 6.42 Å². The molecule has 0 spiro atoms. The van der Waals surface area contributed by atoms with Crippen molar-refractivity contribution in [2.45, 2.75) is 15.7 Å². The van der Waals surface area contributed by atoms with E-state index in [4.69, 9.17) is 5.11 Å². The molecule has 1 aromatic heterocycles. The van der Waals surface area contributed by atoms with Gasteiger partial charge in [-0.1, -0.05) is 35.2 Å². The third-order valence-corrected chi connectivity index (χ3v) is 3.61. The minimum absolute atomic E-state index is 0.0593. The highest BCUT2D eigenvalue weighted by Gasteiger charge is 2.03. The van der Waals surface area contributed by atoms with E-state index < -0.39 is 5.97 Å². The first kappa shape index (κ1) is 11.1. The predicted molar refractivity (Wildman–Crippen MR) is 61.8 cm³/mol. The zero-order chi connectivity index (χ0) is 11.4. The van der Waals surface area contributed by atoms with Crippen LogP contribution < -0.4 is 0 Å². The highest BCUT2D eigenvalue weighted by molar-refractivity contribution is 8.01. The molecule has 0 aliphatic carbocycles. The van der Waals surface area contributed by atoms with Crippen molar-refractivity contribution in [3.8, 4) is 0 Å². The topological polar surface area (TPSA) is 63.1 Å². The van der Waals surface area contributed by atoms with E-state index >= 15 is 0 Å². The van der Waals surface area contributed by atoms with Crippen LogP contribution in [0.1, 0.15) is 5.56 Å². The molecule has 6 heteroatoms. The van der Waals surface area contributed by atoms with Gasteiger partial charge in [0, 0.05) is 4.90 Å². The van der Waals surface area contributed by atoms with Crippen LogP contribution in [-0.4, -0.2) is 21.3 Å². The maximum Gasteiger partial charge on any atom is 0.307 e. The summed E-state index contributed by atoms with van der Waals surface area (Å²) >= 11 is 3.00. The number of carboxylic acid groups (broad SMARTS) is 1. The Morgan fingerprint density at radius 1 is 1.38 bits per heavy atom. The largest absolute Gasteiger partial charge is 0.481 e. The summed E-state index contributed by atoms with van der Waals surface area (Å²) in [7, 11) is 0. The zero-order valence-corrected chi connectivity index (χ0v) is 9.79. The monoisotopic (exact) mass is 252 g/mol. The van der Waals surface area contributed by atoms with Crippen LogP contribution in [0.5, 0.6) is 0 Å². The SMILES string of the molecule is O=C(O)Cc1ccc(Sc2nncs2)cc1. The molecule has 0 radical (unpaired) electrons. The normalized spacial score (nSPS) is 10.2.